The van der Waals surface area contributed by atoms with Crippen molar-refractivity contribution in [2.24, 2.45) is 4.99 Å². The Kier molecular flexibility index (Phi) is 17.3. The Hall–Kier alpha value is -1.10. The molecular weight excluding hydrogens is 471 g/mol. The second kappa shape index (κ2) is 18.0. The van der Waals surface area contributed by atoms with Crippen molar-refractivity contribution < 1.29 is 14.2 Å². The average molecular weight is 508 g/mol. The molecule has 0 aliphatic carbocycles. The number of halogens is 1. The number of rotatable bonds is 14. The molecule has 0 unspecified atom stereocenters. The van der Waals surface area contributed by atoms with E-state index in [0.29, 0.717) is 33.0 Å². The van der Waals surface area contributed by atoms with Crippen LogP contribution in [0.3, 0.4) is 0 Å². The summed E-state index contributed by atoms with van der Waals surface area (Å²) in [5.41, 5.74) is 1.08. The van der Waals surface area contributed by atoms with E-state index in [1.807, 2.05) is 32.3 Å². The maximum Gasteiger partial charge on any atom is 0.191 e. The van der Waals surface area contributed by atoms with E-state index < -0.39 is 0 Å². The van der Waals surface area contributed by atoms with Crippen LogP contribution in [0.2, 0.25) is 0 Å². The lowest BCUT2D eigenvalue weighted by Gasteiger charge is -2.14. The number of ether oxygens (including phenoxy) is 3. The minimum absolute atomic E-state index is 0. The summed E-state index contributed by atoms with van der Waals surface area (Å²) in [7, 11) is 5.75. The molecule has 162 valence electrons. The standard InChI is InChI=1S/C20H36N4O3.HI/c1-5-21-20(22-11-8-13-26-16-15-25-4)23-17-18-9-6-7-10-19(18)27-14-12-24(2)3;/h6-7,9-10H,5,8,11-17H2,1-4H3,(H2,21,22,23);1H. The molecule has 8 heteroatoms. The molecule has 0 fully saturated rings. The number of nitrogens with one attached hydrogen (secondary N) is 2. The molecule has 0 aromatic heterocycles. The highest BCUT2D eigenvalue weighted by Gasteiger charge is 2.04. The van der Waals surface area contributed by atoms with Crippen LogP contribution in [0.4, 0.5) is 0 Å². The number of benzene rings is 1. The van der Waals surface area contributed by atoms with Gasteiger partial charge in [0.05, 0.1) is 19.8 Å². The molecule has 0 aliphatic heterocycles. The molecule has 0 amide bonds. The highest BCUT2D eigenvalue weighted by molar-refractivity contribution is 14.0. The number of likely N-dealkylation sites (N-methyl/N-ethyl adjacent to an activating group) is 1. The molecule has 1 aromatic carbocycles. The van der Waals surface area contributed by atoms with Crippen molar-refractivity contribution in [3.63, 3.8) is 0 Å². The summed E-state index contributed by atoms with van der Waals surface area (Å²) >= 11 is 0. The van der Waals surface area contributed by atoms with Crippen LogP contribution in [0, 0.1) is 0 Å². The predicted octanol–water partition coefficient (Wildman–Crippen LogP) is 2.35. The fraction of sp³-hybridized carbons (Fsp3) is 0.650. The Labute approximate surface area is 187 Å². The van der Waals surface area contributed by atoms with Gasteiger partial charge in [-0.3, -0.25) is 0 Å². The summed E-state index contributed by atoms with van der Waals surface area (Å²) in [5.74, 6) is 1.70. The molecule has 0 spiro atoms. The SMILES string of the molecule is CCNC(=NCc1ccccc1OCCN(C)C)NCCCOCCOC.I. The van der Waals surface area contributed by atoms with E-state index in [1.165, 1.54) is 0 Å². The zero-order chi connectivity index (χ0) is 19.7. The third-order valence-electron chi connectivity index (χ3n) is 3.71. The molecule has 0 radical (unpaired) electrons. The van der Waals surface area contributed by atoms with Gasteiger partial charge in [0.25, 0.3) is 0 Å². The topological polar surface area (TPSA) is 67.4 Å². The lowest BCUT2D eigenvalue weighted by atomic mass is 10.2. The predicted molar refractivity (Wildman–Crippen MR) is 126 cm³/mol. The number of hydrogen-bond acceptors (Lipinski definition) is 5. The van der Waals surface area contributed by atoms with Crippen LogP contribution in [0.5, 0.6) is 5.75 Å². The van der Waals surface area contributed by atoms with Crippen LogP contribution in [-0.4, -0.2) is 78.1 Å². The van der Waals surface area contributed by atoms with E-state index in [9.17, 15) is 0 Å². The Morgan fingerprint density at radius 1 is 1.07 bits per heavy atom. The lowest BCUT2D eigenvalue weighted by molar-refractivity contribution is 0.0698. The summed E-state index contributed by atoms with van der Waals surface area (Å²) in [5, 5.41) is 6.61. The van der Waals surface area contributed by atoms with Gasteiger partial charge in [-0.05, 0) is 33.5 Å². The third kappa shape index (κ3) is 13.1. The van der Waals surface area contributed by atoms with Crippen LogP contribution in [0.1, 0.15) is 18.9 Å². The van der Waals surface area contributed by atoms with Gasteiger partial charge in [0.2, 0.25) is 0 Å². The van der Waals surface area contributed by atoms with Crippen molar-refractivity contribution in [1.82, 2.24) is 15.5 Å². The van der Waals surface area contributed by atoms with Crippen LogP contribution in [-0.2, 0) is 16.0 Å². The first-order valence-electron chi connectivity index (χ1n) is 9.61. The molecule has 0 saturated heterocycles. The molecule has 28 heavy (non-hydrogen) atoms. The Bertz CT molecular complexity index is 530. The van der Waals surface area contributed by atoms with Crippen molar-refractivity contribution in [3.05, 3.63) is 29.8 Å². The summed E-state index contributed by atoms with van der Waals surface area (Å²) in [6, 6.07) is 8.06. The molecule has 0 aliphatic rings. The van der Waals surface area contributed by atoms with Crippen molar-refractivity contribution in [3.8, 4) is 5.75 Å². The minimum atomic E-state index is 0. The number of para-hydroxylation sites is 1. The Morgan fingerprint density at radius 3 is 2.57 bits per heavy atom. The van der Waals surface area contributed by atoms with E-state index in [-0.39, 0.29) is 24.0 Å². The largest absolute Gasteiger partial charge is 0.492 e. The maximum atomic E-state index is 5.91. The number of hydrogen-bond donors (Lipinski definition) is 2. The summed E-state index contributed by atoms with van der Waals surface area (Å²) in [4.78, 5) is 6.78. The van der Waals surface area contributed by atoms with Gasteiger partial charge in [-0.2, -0.15) is 0 Å². The fourth-order valence-corrected chi connectivity index (χ4v) is 2.24. The molecule has 0 bridgehead atoms. The van der Waals surface area contributed by atoms with Crippen LogP contribution in [0.25, 0.3) is 0 Å². The van der Waals surface area contributed by atoms with Crippen LogP contribution >= 0.6 is 24.0 Å². The molecule has 1 aromatic rings. The molecule has 2 N–H and O–H groups in total. The van der Waals surface area contributed by atoms with Crippen LogP contribution < -0.4 is 15.4 Å². The molecular formula is C20H37IN4O3. The maximum absolute atomic E-state index is 5.91. The molecule has 1 rings (SSSR count). The third-order valence-corrected chi connectivity index (χ3v) is 3.71. The minimum Gasteiger partial charge on any atom is -0.492 e. The molecule has 7 nitrogen and oxygen atoms in total. The van der Waals surface area contributed by atoms with Crippen molar-refractivity contribution in [1.29, 1.82) is 0 Å². The Morgan fingerprint density at radius 2 is 1.86 bits per heavy atom. The first-order chi connectivity index (χ1) is 13.2. The average Bonchev–Trinajstić information content (AvgIpc) is 2.66. The Balaban J connectivity index is 0.00000729. The number of nitrogens with zero attached hydrogens (tertiary/aromatic N) is 2. The zero-order valence-electron chi connectivity index (χ0n) is 17.7. The number of methoxy groups -OCH3 is 1. The summed E-state index contributed by atoms with van der Waals surface area (Å²) in [6.07, 6.45) is 0.915. The van der Waals surface area contributed by atoms with Crippen molar-refractivity contribution in [2.45, 2.75) is 19.9 Å². The quantitative estimate of drug-likeness (QED) is 0.174. The highest BCUT2D eigenvalue weighted by atomic mass is 127. The first kappa shape index (κ1) is 26.9. The van der Waals surface area contributed by atoms with E-state index in [1.54, 1.807) is 7.11 Å². The monoisotopic (exact) mass is 508 g/mol. The summed E-state index contributed by atoms with van der Waals surface area (Å²) < 4.78 is 16.3. The van der Waals surface area contributed by atoms with Gasteiger partial charge in [-0.1, -0.05) is 18.2 Å². The van der Waals surface area contributed by atoms with E-state index >= 15 is 0 Å². The number of aliphatic imine (C=N–C) groups is 1. The zero-order valence-corrected chi connectivity index (χ0v) is 20.0. The van der Waals surface area contributed by atoms with E-state index in [4.69, 9.17) is 14.2 Å². The highest BCUT2D eigenvalue weighted by Crippen LogP contribution is 2.18. The second-order valence-corrected chi connectivity index (χ2v) is 6.34. The van der Waals surface area contributed by atoms with Crippen molar-refractivity contribution in [2.75, 3.05) is 67.3 Å². The van der Waals surface area contributed by atoms with Gasteiger partial charge in [0.1, 0.15) is 12.4 Å². The normalized spacial score (nSPS) is 11.2. The molecule has 0 heterocycles. The molecule has 0 atom stereocenters. The number of guanidine groups is 1. The second-order valence-electron chi connectivity index (χ2n) is 6.34. The lowest BCUT2D eigenvalue weighted by Crippen LogP contribution is -2.38. The van der Waals surface area contributed by atoms with Gasteiger partial charge in [0.15, 0.2) is 5.96 Å². The first-order valence-corrected chi connectivity index (χ1v) is 9.61. The van der Waals surface area contributed by atoms with Crippen LogP contribution in [0.15, 0.2) is 29.3 Å². The smallest absolute Gasteiger partial charge is 0.191 e. The van der Waals surface area contributed by atoms with E-state index in [2.05, 4.69) is 33.5 Å². The van der Waals surface area contributed by atoms with Gasteiger partial charge < -0.3 is 29.7 Å². The van der Waals surface area contributed by atoms with Gasteiger partial charge in [0, 0.05) is 38.9 Å². The summed E-state index contributed by atoms with van der Waals surface area (Å²) in [6.45, 7) is 7.77. The van der Waals surface area contributed by atoms with Gasteiger partial charge >= 0.3 is 0 Å². The van der Waals surface area contributed by atoms with Crippen molar-refractivity contribution >= 4 is 29.9 Å². The van der Waals surface area contributed by atoms with Gasteiger partial charge in [-0.25, -0.2) is 4.99 Å². The van der Waals surface area contributed by atoms with Gasteiger partial charge in [-0.15, -0.1) is 24.0 Å². The van der Waals surface area contributed by atoms with E-state index in [0.717, 1.165) is 43.3 Å². The molecule has 0 saturated carbocycles. The fourth-order valence-electron chi connectivity index (χ4n) is 2.24.